The number of ether oxygens (including phenoxy) is 1. The molecule has 5 nitrogen and oxygen atoms in total. The summed E-state index contributed by atoms with van der Waals surface area (Å²) in [6.45, 7) is 4.42. The van der Waals surface area contributed by atoms with E-state index in [-0.39, 0.29) is 5.56 Å². The van der Waals surface area contributed by atoms with E-state index in [1.807, 2.05) is 43.5 Å². The second kappa shape index (κ2) is 6.66. The summed E-state index contributed by atoms with van der Waals surface area (Å²) in [6.07, 6.45) is 1.62. The lowest BCUT2D eigenvalue weighted by Gasteiger charge is -2.03. The molecule has 4 rings (SSSR count). The number of aryl methyl sites for hydroxylation is 2. The molecule has 1 aromatic carbocycles. The van der Waals surface area contributed by atoms with Crippen LogP contribution in [0.1, 0.15) is 16.1 Å². The van der Waals surface area contributed by atoms with Gasteiger partial charge in [-0.25, -0.2) is 9.97 Å². The molecule has 0 aliphatic carbocycles. The van der Waals surface area contributed by atoms with E-state index in [4.69, 9.17) is 4.74 Å². The molecule has 0 atom stereocenters. The molecule has 3 heterocycles. The number of aromatic nitrogens is 3. The molecule has 0 fully saturated rings. The minimum atomic E-state index is -0.00384. The third kappa shape index (κ3) is 2.93. The average molecular weight is 383 g/mol. The molecule has 0 amide bonds. The Morgan fingerprint density at radius 1 is 1.19 bits per heavy atom. The number of hydrogen-bond donors (Lipinski definition) is 0. The van der Waals surface area contributed by atoms with Crippen molar-refractivity contribution in [3.63, 3.8) is 0 Å². The molecule has 0 spiro atoms. The van der Waals surface area contributed by atoms with Gasteiger partial charge in [-0.2, -0.15) is 0 Å². The SMILES string of the molecule is COc1ccc(-c2nc(Cn3cnc4sc(C)c(C)c4c3=O)cs2)cc1. The molecule has 0 saturated heterocycles. The van der Waals surface area contributed by atoms with Gasteiger partial charge in [0.05, 0.1) is 31.1 Å². The molecule has 0 N–H and O–H groups in total. The minimum absolute atomic E-state index is 0.00384. The van der Waals surface area contributed by atoms with Crippen molar-refractivity contribution in [2.24, 2.45) is 0 Å². The Hall–Kier alpha value is -2.51. The summed E-state index contributed by atoms with van der Waals surface area (Å²) in [5.41, 5.74) is 2.91. The summed E-state index contributed by atoms with van der Waals surface area (Å²) < 4.78 is 6.82. The zero-order valence-corrected chi connectivity index (χ0v) is 16.3. The largest absolute Gasteiger partial charge is 0.497 e. The van der Waals surface area contributed by atoms with Crippen LogP contribution >= 0.6 is 22.7 Å². The number of benzene rings is 1. The van der Waals surface area contributed by atoms with Gasteiger partial charge in [0.2, 0.25) is 0 Å². The van der Waals surface area contributed by atoms with Crippen LogP contribution in [0.2, 0.25) is 0 Å². The van der Waals surface area contributed by atoms with Gasteiger partial charge < -0.3 is 4.74 Å². The van der Waals surface area contributed by atoms with Crippen molar-refractivity contribution < 1.29 is 4.74 Å². The number of nitrogens with zero attached hydrogens (tertiary/aromatic N) is 3. The fourth-order valence-electron chi connectivity index (χ4n) is 2.80. The predicted octanol–water partition coefficient (Wildman–Crippen LogP) is 4.26. The van der Waals surface area contributed by atoms with E-state index in [0.717, 1.165) is 42.7 Å². The monoisotopic (exact) mass is 383 g/mol. The first kappa shape index (κ1) is 16.9. The third-order valence-corrected chi connectivity index (χ3v) is 6.43. The summed E-state index contributed by atoms with van der Waals surface area (Å²) in [4.78, 5) is 23.9. The van der Waals surface area contributed by atoms with Crippen molar-refractivity contribution in [2.45, 2.75) is 20.4 Å². The lowest BCUT2D eigenvalue weighted by molar-refractivity contribution is 0.415. The van der Waals surface area contributed by atoms with Gasteiger partial charge in [-0.3, -0.25) is 9.36 Å². The van der Waals surface area contributed by atoms with Gasteiger partial charge in [0.1, 0.15) is 15.6 Å². The first-order valence-corrected chi connectivity index (χ1v) is 9.80. The van der Waals surface area contributed by atoms with E-state index in [0.29, 0.717) is 6.54 Å². The van der Waals surface area contributed by atoms with Crippen LogP contribution in [0, 0.1) is 13.8 Å². The summed E-state index contributed by atoms with van der Waals surface area (Å²) in [5.74, 6) is 0.817. The number of methoxy groups -OCH3 is 1. The molecule has 0 bridgehead atoms. The van der Waals surface area contributed by atoms with Gasteiger partial charge in [-0.1, -0.05) is 0 Å². The van der Waals surface area contributed by atoms with Crippen LogP contribution in [0.5, 0.6) is 5.75 Å². The van der Waals surface area contributed by atoms with Gasteiger partial charge in [0, 0.05) is 15.8 Å². The summed E-state index contributed by atoms with van der Waals surface area (Å²) in [7, 11) is 1.65. The van der Waals surface area contributed by atoms with Crippen LogP contribution in [0.15, 0.2) is 40.8 Å². The average Bonchev–Trinajstić information content (AvgIpc) is 3.23. The highest BCUT2D eigenvalue weighted by Gasteiger charge is 2.13. The van der Waals surface area contributed by atoms with Gasteiger partial charge >= 0.3 is 0 Å². The minimum Gasteiger partial charge on any atom is -0.497 e. The van der Waals surface area contributed by atoms with Crippen LogP contribution < -0.4 is 10.3 Å². The van der Waals surface area contributed by atoms with Crippen LogP contribution in [0.4, 0.5) is 0 Å². The zero-order chi connectivity index (χ0) is 18.3. The van der Waals surface area contributed by atoms with E-state index in [9.17, 15) is 4.79 Å². The Labute approximate surface area is 158 Å². The third-order valence-electron chi connectivity index (χ3n) is 4.38. The summed E-state index contributed by atoms with van der Waals surface area (Å²) in [5, 5.41) is 3.63. The van der Waals surface area contributed by atoms with Crippen molar-refractivity contribution in [3.05, 3.63) is 62.5 Å². The van der Waals surface area contributed by atoms with E-state index >= 15 is 0 Å². The Balaban J connectivity index is 1.65. The second-order valence-corrected chi connectivity index (χ2v) is 8.07. The molecule has 0 unspecified atom stereocenters. The van der Waals surface area contributed by atoms with Crippen molar-refractivity contribution >= 4 is 32.9 Å². The number of thiophene rings is 1. The second-order valence-electron chi connectivity index (χ2n) is 6.01. The molecule has 0 aliphatic heterocycles. The molecule has 3 aromatic heterocycles. The van der Waals surface area contributed by atoms with Crippen LogP contribution in [-0.4, -0.2) is 21.6 Å². The van der Waals surface area contributed by atoms with Crippen molar-refractivity contribution in [1.82, 2.24) is 14.5 Å². The Kier molecular flexibility index (Phi) is 4.34. The molecule has 0 radical (unpaired) electrons. The standard InChI is InChI=1S/C19H17N3O2S2/c1-11-12(2)26-18-16(11)19(23)22(10-20-18)8-14-9-25-17(21-14)13-4-6-15(24-3)7-5-13/h4-7,9-10H,8H2,1-3H3. The lowest BCUT2D eigenvalue weighted by Crippen LogP contribution is -2.21. The van der Waals surface area contributed by atoms with Crippen LogP contribution in [0.25, 0.3) is 20.8 Å². The molecule has 132 valence electrons. The van der Waals surface area contributed by atoms with E-state index < -0.39 is 0 Å². The molecule has 0 aliphatic rings. The fraction of sp³-hybridized carbons (Fsp3) is 0.211. The Morgan fingerprint density at radius 3 is 2.69 bits per heavy atom. The number of fused-ring (bicyclic) bond motifs is 1. The fourth-order valence-corrected chi connectivity index (χ4v) is 4.61. The van der Waals surface area contributed by atoms with E-state index in [2.05, 4.69) is 9.97 Å². The molecule has 26 heavy (non-hydrogen) atoms. The van der Waals surface area contributed by atoms with Crippen molar-refractivity contribution in [2.75, 3.05) is 7.11 Å². The summed E-state index contributed by atoms with van der Waals surface area (Å²) >= 11 is 3.13. The zero-order valence-electron chi connectivity index (χ0n) is 14.6. The highest BCUT2D eigenvalue weighted by atomic mass is 32.1. The highest BCUT2D eigenvalue weighted by Crippen LogP contribution is 2.27. The van der Waals surface area contributed by atoms with Crippen molar-refractivity contribution in [3.8, 4) is 16.3 Å². The van der Waals surface area contributed by atoms with Crippen LogP contribution in [-0.2, 0) is 6.54 Å². The quantitative estimate of drug-likeness (QED) is 0.528. The summed E-state index contributed by atoms with van der Waals surface area (Å²) in [6, 6.07) is 7.80. The number of rotatable bonds is 4. The van der Waals surface area contributed by atoms with Crippen LogP contribution in [0.3, 0.4) is 0 Å². The van der Waals surface area contributed by atoms with Gasteiger partial charge in [0.15, 0.2) is 0 Å². The molecule has 0 saturated carbocycles. The Morgan fingerprint density at radius 2 is 1.96 bits per heavy atom. The van der Waals surface area contributed by atoms with Gasteiger partial charge in [-0.15, -0.1) is 22.7 Å². The Bertz CT molecular complexity index is 1140. The molecular formula is C19H17N3O2S2. The van der Waals surface area contributed by atoms with Gasteiger partial charge in [0.25, 0.3) is 5.56 Å². The number of thiazole rings is 1. The van der Waals surface area contributed by atoms with E-state index in [1.54, 1.807) is 40.7 Å². The smallest absolute Gasteiger partial charge is 0.262 e. The van der Waals surface area contributed by atoms with Crippen molar-refractivity contribution in [1.29, 1.82) is 0 Å². The first-order valence-electron chi connectivity index (χ1n) is 8.11. The van der Waals surface area contributed by atoms with E-state index in [1.165, 1.54) is 0 Å². The maximum atomic E-state index is 12.8. The maximum absolute atomic E-state index is 12.8. The maximum Gasteiger partial charge on any atom is 0.262 e. The lowest BCUT2D eigenvalue weighted by atomic mass is 10.2. The number of hydrogen-bond acceptors (Lipinski definition) is 6. The topological polar surface area (TPSA) is 57.0 Å². The molecule has 7 heteroatoms. The predicted molar refractivity (Wildman–Crippen MR) is 107 cm³/mol. The highest BCUT2D eigenvalue weighted by molar-refractivity contribution is 7.18. The molecular weight excluding hydrogens is 366 g/mol. The normalized spacial score (nSPS) is 11.2. The first-order chi connectivity index (χ1) is 12.6. The van der Waals surface area contributed by atoms with Gasteiger partial charge in [-0.05, 0) is 43.7 Å². The molecule has 4 aromatic rings.